The van der Waals surface area contributed by atoms with Crippen LogP contribution in [-0.2, 0) is 4.79 Å². The molecule has 0 bridgehead atoms. The number of halogens is 3. The smallest absolute Gasteiger partial charge is 0.339 e. The van der Waals surface area contributed by atoms with Gasteiger partial charge < -0.3 is 10.2 Å². The van der Waals surface area contributed by atoms with Crippen LogP contribution in [0.1, 0.15) is 27.2 Å². The van der Waals surface area contributed by atoms with E-state index in [-0.39, 0.29) is 25.0 Å². The minimum absolute atomic E-state index is 0.0221. The summed E-state index contributed by atoms with van der Waals surface area (Å²) in [7, 11) is 0. The lowest BCUT2D eigenvalue weighted by Crippen LogP contribution is -2.60. The molecule has 0 saturated carbocycles. The predicted molar refractivity (Wildman–Crippen MR) is 73.9 cm³/mol. The van der Waals surface area contributed by atoms with Crippen molar-refractivity contribution in [2.45, 2.75) is 38.9 Å². The predicted octanol–water partition coefficient (Wildman–Crippen LogP) is 1.47. The summed E-state index contributed by atoms with van der Waals surface area (Å²) >= 11 is 0. The van der Waals surface area contributed by atoms with E-state index in [1.807, 2.05) is 0 Å². The summed E-state index contributed by atoms with van der Waals surface area (Å²) in [6, 6.07) is 0. The number of nitrogens with zero attached hydrogens (tertiary/aromatic N) is 2. The molecule has 0 aromatic heterocycles. The van der Waals surface area contributed by atoms with Crippen molar-refractivity contribution >= 4 is 5.91 Å². The fraction of sp³-hybridized carbons (Fsp3) is 0.929. The lowest BCUT2D eigenvalue weighted by molar-refractivity contribution is -0.222. The third-order valence-corrected chi connectivity index (χ3v) is 4.62. The monoisotopic (exact) mass is 307 g/mol. The molecule has 2 aliphatic rings. The Labute approximate surface area is 123 Å². The molecule has 0 aromatic carbocycles. The standard InChI is InChI=1S/C14H24F3N3O/c1-12(2,3)20-8-6-19(7-9-20)11(21)13(14(15,16)17)4-5-18-10-13/h18H,4-10H2,1-3H3. The van der Waals surface area contributed by atoms with Gasteiger partial charge in [0.15, 0.2) is 5.41 Å². The highest BCUT2D eigenvalue weighted by Gasteiger charge is 2.62. The topological polar surface area (TPSA) is 35.6 Å². The van der Waals surface area contributed by atoms with Crippen molar-refractivity contribution in [2.75, 3.05) is 39.3 Å². The van der Waals surface area contributed by atoms with E-state index in [1.54, 1.807) is 0 Å². The molecular formula is C14H24F3N3O. The first-order valence-corrected chi connectivity index (χ1v) is 7.40. The second-order valence-electron chi connectivity index (χ2n) is 6.96. The van der Waals surface area contributed by atoms with E-state index in [1.165, 1.54) is 4.90 Å². The van der Waals surface area contributed by atoms with Gasteiger partial charge in [0.05, 0.1) is 0 Å². The molecule has 0 aromatic rings. The van der Waals surface area contributed by atoms with Crippen molar-refractivity contribution in [3.63, 3.8) is 0 Å². The molecule has 1 atom stereocenters. The van der Waals surface area contributed by atoms with Gasteiger partial charge in [-0.05, 0) is 33.7 Å². The number of hydrogen-bond donors (Lipinski definition) is 1. The lowest BCUT2D eigenvalue weighted by atomic mass is 9.84. The molecule has 1 unspecified atom stereocenters. The quantitative estimate of drug-likeness (QED) is 0.797. The Kier molecular flexibility index (Phi) is 4.28. The number of carbonyl (C=O) groups is 1. The van der Waals surface area contributed by atoms with Crippen LogP contribution in [0, 0.1) is 5.41 Å². The molecule has 2 rings (SSSR count). The van der Waals surface area contributed by atoms with Crippen molar-refractivity contribution in [1.82, 2.24) is 15.1 Å². The third-order valence-electron chi connectivity index (χ3n) is 4.62. The molecule has 2 heterocycles. The summed E-state index contributed by atoms with van der Waals surface area (Å²) in [4.78, 5) is 16.1. The van der Waals surface area contributed by atoms with Crippen molar-refractivity contribution in [1.29, 1.82) is 0 Å². The maximum absolute atomic E-state index is 13.4. The number of hydrogen-bond acceptors (Lipinski definition) is 3. The van der Waals surface area contributed by atoms with Gasteiger partial charge in [-0.2, -0.15) is 13.2 Å². The van der Waals surface area contributed by atoms with Gasteiger partial charge in [-0.3, -0.25) is 9.69 Å². The van der Waals surface area contributed by atoms with Crippen molar-refractivity contribution in [3.05, 3.63) is 0 Å². The van der Waals surface area contributed by atoms with Gasteiger partial charge in [-0.15, -0.1) is 0 Å². The maximum atomic E-state index is 13.4. The van der Waals surface area contributed by atoms with Crippen LogP contribution < -0.4 is 5.32 Å². The molecule has 0 radical (unpaired) electrons. The number of amides is 1. The van der Waals surface area contributed by atoms with Gasteiger partial charge in [0, 0.05) is 38.3 Å². The summed E-state index contributed by atoms with van der Waals surface area (Å²) in [6.45, 7) is 8.14. The van der Waals surface area contributed by atoms with Crippen LogP contribution >= 0.6 is 0 Å². The van der Waals surface area contributed by atoms with E-state index >= 15 is 0 Å². The van der Waals surface area contributed by atoms with Gasteiger partial charge in [-0.1, -0.05) is 0 Å². The summed E-state index contributed by atoms with van der Waals surface area (Å²) in [5, 5.41) is 2.69. The van der Waals surface area contributed by atoms with Crippen LogP contribution in [0.3, 0.4) is 0 Å². The van der Waals surface area contributed by atoms with Crippen LogP contribution in [0.25, 0.3) is 0 Å². The molecule has 2 fully saturated rings. The maximum Gasteiger partial charge on any atom is 0.404 e. The number of carbonyl (C=O) groups excluding carboxylic acids is 1. The van der Waals surface area contributed by atoms with Gasteiger partial charge in [0.2, 0.25) is 5.91 Å². The second kappa shape index (κ2) is 5.43. The number of alkyl halides is 3. The van der Waals surface area contributed by atoms with Crippen LogP contribution in [0.15, 0.2) is 0 Å². The number of piperazine rings is 1. The SMILES string of the molecule is CC(C)(C)N1CCN(C(=O)C2(C(F)(F)F)CCNC2)CC1. The molecule has 21 heavy (non-hydrogen) atoms. The normalized spacial score (nSPS) is 29.0. The van der Waals surface area contributed by atoms with Gasteiger partial charge >= 0.3 is 6.18 Å². The molecule has 1 amide bonds. The van der Waals surface area contributed by atoms with Crippen LogP contribution in [0.4, 0.5) is 13.2 Å². The first-order valence-electron chi connectivity index (χ1n) is 7.40. The highest BCUT2D eigenvalue weighted by molar-refractivity contribution is 5.84. The fourth-order valence-electron chi connectivity index (χ4n) is 3.12. The van der Waals surface area contributed by atoms with E-state index in [2.05, 4.69) is 31.0 Å². The first-order chi connectivity index (χ1) is 9.58. The fourth-order valence-corrected chi connectivity index (χ4v) is 3.12. The first kappa shape index (κ1) is 16.5. The number of rotatable bonds is 1. The van der Waals surface area contributed by atoms with Gasteiger partial charge in [-0.25, -0.2) is 0 Å². The Morgan fingerprint density at radius 3 is 2.05 bits per heavy atom. The molecule has 2 aliphatic heterocycles. The Bertz CT molecular complexity index is 389. The Morgan fingerprint density at radius 2 is 1.67 bits per heavy atom. The van der Waals surface area contributed by atoms with Crippen molar-refractivity contribution in [3.8, 4) is 0 Å². The van der Waals surface area contributed by atoms with Gasteiger partial charge in [0.25, 0.3) is 0 Å². The number of nitrogens with one attached hydrogen (secondary N) is 1. The Hall–Kier alpha value is -0.820. The van der Waals surface area contributed by atoms with E-state index < -0.39 is 17.5 Å². The van der Waals surface area contributed by atoms with Crippen molar-refractivity contribution in [2.24, 2.45) is 5.41 Å². The highest BCUT2D eigenvalue weighted by atomic mass is 19.4. The zero-order valence-electron chi connectivity index (χ0n) is 12.9. The molecule has 2 saturated heterocycles. The summed E-state index contributed by atoms with van der Waals surface area (Å²) in [5.41, 5.74) is -2.25. The average molecular weight is 307 g/mol. The highest BCUT2D eigenvalue weighted by Crippen LogP contribution is 2.44. The van der Waals surface area contributed by atoms with E-state index in [0.717, 1.165) is 0 Å². The van der Waals surface area contributed by atoms with E-state index in [4.69, 9.17) is 0 Å². The molecule has 4 nitrogen and oxygen atoms in total. The molecule has 0 spiro atoms. The zero-order valence-corrected chi connectivity index (χ0v) is 12.9. The summed E-state index contributed by atoms with van der Waals surface area (Å²) in [5.74, 6) is -0.756. The van der Waals surface area contributed by atoms with Crippen LogP contribution in [0.2, 0.25) is 0 Å². The Morgan fingerprint density at radius 1 is 1.10 bits per heavy atom. The molecule has 0 aliphatic carbocycles. The second-order valence-corrected chi connectivity index (χ2v) is 6.96. The molecule has 122 valence electrons. The van der Waals surface area contributed by atoms with E-state index in [0.29, 0.717) is 26.2 Å². The lowest BCUT2D eigenvalue weighted by Gasteiger charge is -2.44. The average Bonchev–Trinajstić information content (AvgIpc) is 2.87. The zero-order chi connectivity index (χ0) is 15.9. The van der Waals surface area contributed by atoms with Gasteiger partial charge in [0.1, 0.15) is 0 Å². The minimum atomic E-state index is -4.49. The third kappa shape index (κ3) is 3.04. The van der Waals surface area contributed by atoms with Crippen molar-refractivity contribution < 1.29 is 18.0 Å². The minimum Gasteiger partial charge on any atom is -0.339 e. The molecule has 1 N–H and O–H groups in total. The largest absolute Gasteiger partial charge is 0.404 e. The summed E-state index contributed by atoms with van der Waals surface area (Å²) < 4.78 is 40.2. The summed E-state index contributed by atoms with van der Waals surface area (Å²) in [6.07, 6.45) is -4.65. The molecule has 7 heteroatoms. The van der Waals surface area contributed by atoms with Crippen LogP contribution in [0.5, 0.6) is 0 Å². The Balaban J connectivity index is 2.07. The van der Waals surface area contributed by atoms with Crippen LogP contribution in [-0.4, -0.2) is 66.7 Å². The van der Waals surface area contributed by atoms with E-state index in [9.17, 15) is 18.0 Å². The molecular weight excluding hydrogens is 283 g/mol.